The average Bonchev–Trinajstić information content (AvgIpc) is 3.56. The van der Waals surface area contributed by atoms with Crippen molar-refractivity contribution in [3.05, 3.63) is 23.8 Å². The van der Waals surface area contributed by atoms with Crippen LogP contribution < -0.4 is 10.1 Å². The van der Waals surface area contributed by atoms with Crippen LogP contribution in [0.4, 0.5) is 0 Å². The first-order chi connectivity index (χ1) is 13.4. The van der Waals surface area contributed by atoms with Gasteiger partial charge in [-0.3, -0.25) is 9.59 Å². The van der Waals surface area contributed by atoms with Crippen LogP contribution in [0, 0.1) is 5.92 Å². The van der Waals surface area contributed by atoms with Gasteiger partial charge in [0.05, 0.1) is 18.6 Å². The molecule has 2 aliphatic rings. The van der Waals surface area contributed by atoms with Gasteiger partial charge in [0, 0.05) is 37.5 Å². The molecule has 1 aliphatic heterocycles. The number of nitrogens with zero attached hydrogens (tertiary/aromatic N) is 1. The van der Waals surface area contributed by atoms with Gasteiger partial charge >= 0.3 is 0 Å². The van der Waals surface area contributed by atoms with Gasteiger partial charge in [0.25, 0.3) is 0 Å². The van der Waals surface area contributed by atoms with Crippen molar-refractivity contribution in [2.45, 2.75) is 43.7 Å². The quantitative estimate of drug-likeness (QED) is 0.688. The minimum Gasteiger partial charge on any atom is -0.496 e. The molecule has 1 aromatic rings. The third kappa shape index (κ3) is 4.53. The van der Waals surface area contributed by atoms with Crippen molar-refractivity contribution in [1.82, 2.24) is 9.62 Å². The van der Waals surface area contributed by atoms with Gasteiger partial charge in [-0.05, 0) is 31.0 Å². The average molecular weight is 410 g/mol. The standard InChI is InChI=1S/C19H26N2O6S/c1-3-18(22)20-11-14-10-15(6-7-16(14)26-2)28(24,25)21-8-9-27-17(12-21)19(23)13-4-5-13/h6-7,10,13,17H,3-5,8-9,11-12H2,1-2H3,(H,20,22). The van der Waals surface area contributed by atoms with E-state index in [0.717, 1.165) is 12.8 Å². The molecule has 1 atom stereocenters. The highest BCUT2D eigenvalue weighted by Gasteiger charge is 2.40. The van der Waals surface area contributed by atoms with E-state index in [4.69, 9.17) is 9.47 Å². The SMILES string of the molecule is CCC(=O)NCc1cc(S(=O)(=O)N2CCOC(C(=O)C3CC3)C2)ccc1OC. The lowest BCUT2D eigenvalue weighted by molar-refractivity contribution is -0.135. The first-order valence-corrected chi connectivity index (χ1v) is 10.9. The Morgan fingerprint density at radius 2 is 2.07 bits per heavy atom. The van der Waals surface area contributed by atoms with Crippen molar-refractivity contribution in [3.8, 4) is 5.75 Å². The zero-order valence-corrected chi connectivity index (χ0v) is 17.0. The second-order valence-corrected chi connectivity index (χ2v) is 8.94. The molecule has 1 aliphatic carbocycles. The van der Waals surface area contributed by atoms with E-state index in [1.165, 1.54) is 23.5 Å². The first kappa shape index (κ1) is 20.8. The smallest absolute Gasteiger partial charge is 0.243 e. The van der Waals surface area contributed by atoms with Crippen molar-refractivity contribution in [3.63, 3.8) is 0 Å². The number of ketones is 1. The molecule has 3 rings (SSSR count). The van der Waals surface area contributed by atoms with Gasteiger partial charge in [-0.15, -0.1) is 0 Å². The fourth-order valence-electron chi connectivity index (χ4n) is 3.17. The van der Waals surface area contributed by atoms with E-state index < -0.39 is 16.1 Å². The second kappa shape index (κ2) is 8.59. The molecule has 1 N–H and O–H groups in total. The van der Waals surface area contributed by atoms with E-state index in [2.05, 4.69) is 5.32 Å². The van der Waals surface area contributed by atoms with E-state index in [9.17, 15) is 18.0 Å². The molecule has 1 aromatic carbocycles. The molecule has 0 bridgehead atoms. The number of ether oxygens (including phenoxy) is 2. The summed E-state index contributed by atoms with van der Waals surface area (Å²) in [4.78, 5) is 23.9. The summed E-state index contributed by atoms with van der Waals surface area (Å²) < 4.78 is 38.3. The second-order valence-electron chi connectivity index (χ2n) is 7.00. The normalized spacial score (nSPS) is 20.6. The van der Waals surface area contributed by atoms with Gasteiger partial charge in [0.1, 0.15) is 11.9 Å². The van der Waals surface area contributed by atoms with Gasteiger partial charge < -0.3 is 14.8 Å². The van der Waals surface area contributed by atoms with Crippen LogP contribution in [0.5, 0.6) is 5.75 Å². The molecule has 1 saturated heterocycles. The van der Waals surface area contributed by atoms with Crippen LogP contribution in [-0.2, 0) is 30.9 Å². The summed E-state index contributed by atoms with van der Waals surface area (Å²) in [5.41, 5.74) is 0.573. The molecule has 8 nitrogen and oxygen atoms in total. The lowest BCUT2D eigenvalue weighted by Crippen LogP contribution is -2.48. The van der Waals surface area contributed by atoms with Crippen LogP contribution in [0.25, 0.3) is 0 Å². The third-order valence-corrected chi connectivity index (χ3v) is 6.87. The number of methoxy groups -OCH3 is 1. The predicted octanol–water partition coefficient (Wildman–Crippen LogP) is 1.09. The summed E-state index contributed by atoms with van der Waals surface area (Å²) in [5, 5.41) is 2.73. The number of morpholine rings is 1. The number of amides is 1. The highest BCUT2D eigenvalue weighted by Crippen LogP contribution is 2.33. The van der Waals surface area contributed by atoms with E-state index in [0.29, 0.717) is 17.7 Å². The minimum absolute atomic E-state index is 0.00222. The minimum atomic E-state index is -3.79. The van der Waals surface area contributed by atoms with Crippen LogP contribution in [0.3, 0.4) is 0 Å². The van der Waals surface area contributed by atoms with Crippen molar-refractivity contribution in [2.24, 2.45) is 5.92 Å². The molecule has 1 amide bonds. The molecular weight excluding hydrogens is 384 g/mol. The number of rotatable bonds is 8. The van der Waals surface area contributed by atoms with Crippen LogP contribution in [0.1, 0.15) is 31.7 Å². The van der Waals surface area contributed by atoms with E-state index in [1.54, 1.807) is 13.0 Å². The van der Waals surface area contributed by atoms with E-state index in [1.807, 2.05) is 0 Å². The largest absolute Gasteiger partial charge is 0.496 e. The molecule has 0 aromatic heterocycles. The first-order valence-electron chi connectivity index (χ1n) is 9.46. The maximum Gasteiger partial charge on any atom is 0.243 e. The summed E-state index contributed by atoms with van der Waals surface area (Å²) >= 11 is 0. The lowest BCUT2D eigenvalue weighted by Gasteiger charge is -2.31. The number of hydrogen-bond donors (Lipinski definition) is 1. The van der Waals surface area contributed by atoms with Crippen molar-refractivity contribution >= 4 is 21.7 Å². The summed E-state index contributed by atoms with van der Waals surface area (Å²) in [7, 11) is -2.30. The number of nitrogens with one attached hydrogen (secondary N) is 1. The fourth-order valence-corrected chi connectivity index (χ4v) is 4.64. The van der Waals surface area contributed by atoms with Gasteiger partial charge in [-0.25, -0.2) is 8.42 Å². The number of carbonyl (C=O) groups is 2. The Hall–Kier alpha value is -1.97. The number of benzene rings is 1. The number of sulfonamides is 1. The Labute approximate surface area is 165 Å². The molecule has 1 unspecified atom stereocenters. The fraction of sp³-hybridized carbons (Fsp3) is 0.579. The number of hydrogen-bond acceptors (Lipinski definition) is 6. The number of carbonyl (C=O) groups excluding carboxylic acids is 2. The molecular formula is C19H26N2O6S. The Balaban J connectivity index is 1.80. The van der Waals surface area contributed by atoms with E-state index in [-0.39, 0.29) is 48.7 Å². The Bertz CT molecular complexity index is 850. The molecule has 2 fully saturated rings. The molecule has 0 radical (unpaired) electrons. The van der Waals surface area contributed by atoms with Gasteiger partial charge in [0.2, 0.25) is 15.9 Å². The van der Waals surface area contributed by atoms with Crippen LogP contribution in [0.15, 0.2) is 23.1 Å². The van der Waals surface area contributed by atoms with E-state index >= 15 is 0 Å². The summed E-state index contributed by atoms with van der Waals surface area (Å²) in [5.74, 6) is 0.379. The molecule has 1 saturated carbocycles. The van der Waals surface area contributed by atoms with Crippen LogP contribution in [0.2, 0.25) is 0 Å². The summed E-state index contributed by atoms with van der Waals surface area (Å²) in [6.45, 7) is 2.34. The summed E-state index contributed by atoms with van der Waals surface area (Å²) in [6.07, 6.45) is 1.36. The predicted molar refractivity (Wildman–Crippen MR) is 101 cm³/mol. The highest BCUT2D eigenvalue weighted by molar-refractivity contribution is 7.89. The van der Waals surface area contributed by atoms with Gasteiger partial charge in [0.15, 0.2) is 5.78 Å². The zero-order chi connectivity index (χ0) is 20.3. The molecule has 0 spiro atoms. The van der Waals surface area contributed by atoms with Crippen molar-refractivity contribution in [1.29, 1.82) is 0 Å². The van der Waals surface area contributed by atoms with Gasteiger partial charge in [-0.1, -0.05) is 6.92 Å². The van der Waals surface area contributed by atoms with Crippen molar-refractivity contribution in [2.75, 3.05) is 26.8 Å². The van der Waals surface area contributed by atoms with Crippen LogP contribution in [-0.4, -0.2) is 57.3 Å². The highest BCUT2D eigenvalue weighted by atomic mass is 32.2. The lowest BCUT2D eigenvalue weighted by atomic mass is 10.1. The monoisotopic (exact) mass is 410 g/mol. The topological polar surface area (TPSA) is 102 Å². The zero-order valence-electron chi connectivity index (χ0n) is 16.1. The van der Waals surface area contributed by atoms with Crippen molar-refractivity contribution < 1.29 is 27.5 Å². The Morgan fingerprint density at radius 3 is 2.71 bits per heavy atom. The maximum atomic E-state index is 13.1. The number of Topliss-reactive ketones (excluding diaryl/α,β-unsaturated/α-hetero) is 1. The summed E-state index contributed by atoms with van der Waals surface area (Å²) in [6, 6.07) is 4.57. The Kier molecular flexibility index (Phi) is 6.36. The molecule has 9 heteroatoms. The van der Waals surface area contributed by atoms with Gasteiger partial charge in [-0.2, -0.15) is 4.31 Å². The molecule has 28 heavy (non-hydrogen) atoms. The molecule has 1 heterocycles. The Morgan fingerprint density at radius 1 is 1.32 bits per heavy atom. The third-order valence-electron chi connectivity index (χ3n) is 5.01. The van der Waals surface area contributed by atoms with Crippen LogP contribution >= 0.6 is 0 Å². The molecule has 154 valence electrons. The maximum absolute atomic E-state index is 13.1.